The van der Waals surface area contributed by atoms with Crippen LogP contribution in [0.15, 0.2) is 0 Å². The van der Waals surface area contributed by atoms with E-state index >= 15 is 0 Å². The number of nitrogens with one attached hydrogen (secondary N) is 1. The lowest BCUT2D eigenvalue weighted by Crippen LogP contribution is -2.43. The molecule has 16 heavy (non-hydrogen) atoms. The van der Waals surface area contributed by atoms with E-state index in [4.69, 9.17) is 10.4 Å². The maximum atomic E-state index is 11.4. The van der Waals surface area contributed by atoms with Gasteiger partial charge < -0.3 is 10.4 Å². The van der Waals surface area contributed by atoms with E-state index in [1.807, 2.05) is 6.07 Å². The van der Waals surface area contributed by atoms with E-state index in [1.165, 1.54) is 6.92 Å². The van der Waals surface area contributed by atoms with Crippen molar-refractivity contribution in [1.82, 2.24) is 5.32 Å². The fraction of sp³-hybridized carbons (Fsp3) is 0.667. The highest BCUT2D eigenvalue weighted by Gasteiger charge is 2.20. The van der Waals surface area contributed by atoms with Gasteiger partial charge in [-0.2, -0.15) is 5.26 Å². The van der Waals surface area contributed by atoms with Gasteiger partial charge in [0.1, 0.15) is 6.04 Å². The molecule has 0 bridgehead atoms. The minimum atomic E-state index is -1.34. The summed E-state index contributed by atoms with van der Waals surface area (Å²) in [6, 6.07) is 0.786. The molecule has 0 saturated heterocycles. The average molecular weight is 246 g/mol. The predicted octanol–water partition coefficient (Wildman–Crippen LogP) is -0.372. The lowest BCUT2D eigenvalue weighted by atomic mass is 10.3. The fourth-order valence-electron chi connectivity index (χ4n) is 1.00. The molecule has 0 aromatic rings. The van der Waals surface area contributed by atoms with Crippen molar-refractivity contribution in [3.8, 4) is 6.07 Å². The molecule has 0 aliphatic rings. The monoisotopic (exact) mass is 246 g/mol. The van der Waals surface area contributed by atoms with Gasteiger partial charge in [-0.1, -0.05) is 0 Å². The van der Waals surface area contributed by atoms with Gasteiger partial charge in [-0.05, 0) is 6.42 Å². The first-order valence-electron chi connectivity index (χ1n) is 4.69. The molecular formula is C9H14N2O4S. The highest BCUT2D eigenvalue weighted by molar-refractivity contribution is 7.85. The van der Waals surface area contributed by atoms with Crippen LogP contribution < -0.4 is 5.32 Å². The Labute approximate surface area is 96.1 Å². The Hall–Kier alpha value is -1.42. The molecule has 2 unspecified atom stereocenters. The second kappa shape index (κ2) is 7.82. The zero-order valence-electron chi connectivity index (χ0n) is 8.93. The molecule has 0 aromatic carbocycles. The molecule has 0 heterocycles. The highest BCUT2D eigenvalue weighted by Crippen LogP contribution is 1.96. The third-order valence-corrected chi connectivity index (χ3v) is 3.14. The summed E-state index contributed by atoms with van der Waals surface area (Å²) >= 11 is 0. The number of amides is 1. The van der Waals surface area contributed by atoms with E-state index in [0.717, 1.165) is 0 Å². The smallest absolute Gasteiger partial charge is 0.327 e. The highest BCUT2D eigenvalue weighted by atomic mass is 32.2. The molecular weight excluding hydrogens is 232 g/mol. The van der Waals surface area contributed by atoms with Gasteiger partial charge in [-0.25, -0.2) is 4.79 Å². The van der Waals surface area contributed by atoms with Crippen LogP contribution in [0, 0.1) is 11.3 Å². The lowest BCUT2D eigenvalue weighted by molar-refractivity contribution is -0.140. The van der Waals surface area contributed by atoms with Crippen molar-refractivity contribution in [2.75, 3.05) is 11.5 Å². The molecule has 90 valence electrons. The summed E-state index contributed by atoms with van der Waals surface area (Å²) in [5.41, 5.74) is 0. The third kappa shape index (κ3) is 6.95. The molecule has 0 aliphatic carbocycles. The summed E-state index contributed by atoms with van der Waals surface area (Å²) in [6.45, 7) is 1.20. The largest absolute Gasteiger partial charge is 0.480 e. The molecule has 7 heteroatoms. The Morgan fingerprint density at radius 3 is 2.62 bits per heavy atom. The topological polar surface area (TPSA) is 107 Å². The first-order chi connectivity index (χ1) is 7.47. The number of carbonyl (C=O) groups excluding carboxylic acids is 1. The van der Waals surface area contributed by atoms with Gasteiger partial charge in [-0.15, -0.1) is 0 Å². The Morgan fingerprint density at radius 2 is 2.19 bits per heavy atom. The lowest BCUT2D eigenvalue weighted by Gasteiger charge is -2.12. The molecule has 0 saturated carbocycles. The van der Waals surface area contributed by atoms with E-state index in [2.05, 4.69) is 5.32 Å². The number of aliphatic carboxylic acids is 1. The first-order valence-corrected chi connectivity index (χ1v) is 6.18. The van der Waals surface area contributed by atoms with E-state index in [0.29, 0.717) is 12.8 Å². The second-order valence-corrected chi connectivity index (χ2v) is 4.78. The molecule has 0 aromatic heterocycles. The number of nitrogens with zero attached hydrogens (tertiary/aromatic N) is 1. The van der Waals surface area contributed by atoms with E-state index in [1.54, 1.807) is 0 Å². The molecule has 2 N–H and O–H groups in total. The number of rotatable bonds is 7. The summed E-state index contributed by atoms with van der Waals surface area (Å²) in [4.78, 5) is 21.4. The van der Waals surface area contributed by atoms with E-state index in [9.17, 15) is 13.8 Å². The van der Waals surface area contributed by atoms with Crippen LogP contribution in [-0.4, -0.2) is 38.7 Å². The standard InChI is InChI=1S/C9H14N2O4S/c1-7(12)11-8(9(13)14)6-16(15)5-3-2-4-10/h8H,2-3,5-6H2,1H3,(H,11,12)(H,13,14). The molecule has 0 radical (unpaired) electrons. The number of unbranched alkanes of at least 4 members (excludes halogenated alkanes) is 1. The number of hydrogen-bond donors (Lipinski definition) is 2. The fourth-order valence-corrected chi connectivity index (χ4v) is 2.23. The predicted molar refractivity (Wildman–Crippen MR) is 58.0 cm³/mol. The Morgan fingerprint density at radius 1 is 1.56 bits per heavy atom. The van der Waals surface area contributed by atoms with Crippen molar-refractivity contribution < 1.29 is 18.9 Å². The minimum Gasteiger partial charge on any atom is -0.480 e. The third-order valence-electron chi connectivity index (χ3n) is 1.69. The minimum absolute atomic E-state index is 0.125. The van der Waals surface area contributed by atoms with Crippen molar-refractivity contribution in [2.24, 2.45) is 0 Å². The van der Waals surface area contributed by atoms with Crippen molar-refractivity contribution >= 4 is 22.7 Å². The summed E-state index contributed by atoms with van der Waals surface area (Å²) in [5.74, 6) is -1.53. The van der Waals surface area contributed by atoms with Gasteiger partial charge in [0.15, 0.2) is 0 Å². The van der Waals surface area contributed by atoms with Crippen LogP contribution >= 0.6 is 0 Å². The maximum Gasteiger partial charge on any atom is 0.327 e. The zero-order valence-corrected chi connectivity index (χ0v) is 9.75. The van der Waals surface area contributed by atoms with Crippen LogP contribution in [0.25, 0.3) is 0 Å². The average Bonchev–Trinajstić information content (AvgIpc) is 2.16. The molecule has 0 spiro atoms. The summed E-state index contributed by atoms with van der Waals surface area (Å²) in [5, 5.41) is 19.2. The van der Waals surface area contributed by atoms with Crippen molar-refractivity contribution in [3.05, 3.63) is 0 Å². The SMILES string of the molecule is CC(=O)NC(CS(=O)CCCC#N)C(=O)O. The Balaban J connectivity index is 4.09. The molecule has 0 fully saturated rings. The van der Waals surface area contributed by atoms with Crippen molar-refractivity contribution in [1.29, 1.82) is 5.26 Å². The number of nitriles is 1. The number of carboxylic acids is 1. The summed E-state index contributed by atoms with van der Waals surface area (Å²) < 4.78 is 11.4. The maximum absolute atomic E-state index is 11.4. The van der Waals surface area contributed by atoms with Gasteiger partial charge in [-0.3, -0.25) is 9.00 Å². The zero-order chi connectivity index (χ0) is 12.6. The molecule has 0 aliphatic heterocycles. The van der Waals surface area contributed by atoms with Gasteiger partial charge in [0.25, 0.3) is 0 Å². The first kappa shape index (κ1) is 14.6. The van der Waals surface area contributed by atoms with Crippen molar-refractivity contribution in [2.45, 2.75) is 25.8 Å². The molecule has 0 rings (SSSR count). The van der Waals surface area contributed by atoms with Crippen LogP contribution in [0.1, 0.15) is 19.8 Å². The van der Waals surface area contributed by atoms with Crippen LogP contribution in [0.5, 0.6) is 0 Å². The van der Waals surface area contributed by atoms with Crippen LogP contribution in [-0.2, 0) is 20.4 Å². The summed E-state index contributed by atoms with van der Waals surface area (Å²) in [6.07, 6.45) is 0.763. The van der Waals surface area contributed by atoms with Crippen molar-refractivity contribution in [3.63, 3.8) is 0 Å². The second-order valence-electron chi connectivity index (χ2n) is 3.16. The van der Waals surface area contributed by atoms with E-state index < -0.39 is 28.7 Å². The van der Waals surface area contributed by atoms with Gasteiger partial charge in [0, 0.05) is 29.9 Å². The number of carbonyl (C=O) groups is 2. The normalized spacial score (nSPS) is 13.5. The molecule has 2 atom stereocenters. The number of carboxylic acid groups (broad SMARTS) is 1. The number of hydrogen-bond acceptors (Lipinski definition) is 4. The Bertz CT molecular complexity index is 324. The van der Waals surface area contributed by atoms with Gasteiger partial charge >= 0.3 is 5.97 Å². The van der Waals surface area contributed by atoms with Crippen LogP contribution in [0.3, 0.4) is 0 Å². The summed E-state index contributed by atoms with van der Waals surface area (Å²) in [7, 11) is -1.34. The van der Waals surface area contributed by atoms with Gasteiger partial charge in [0.2, 0.25) is 5.91 Å². The van der Waals surface area contributed by atoms with Crippen LogP contribution in [0.2, 0.25) is 0 Å². The molecule has 1 amide bonds. The van der Waals surface area contributed by atoms with Crippen LogP contribution in [0.4, 0.5) is 0 Å². The molecule has 6 nitrogen and oxygen atoms in total. The van der Waals surface area contributed by atoms with Gasteiger partial charge in [0.05, 0.1) is 11.8 Å². The quantitative estimate of drug-likeness (QED) is 0.596. The Kier molecular flexibility index (Phi) is 7.12. The van der Waals surface area contributed by atoms with E-state index in [-0.39, 0.29) is 11.5 Å².